The molecule has 0 heterocycles. The van der Waals surface area contributed by atoms with Crippen molar-refractivity contribution in [3.8, 4) is 0 Å². The van der Waals surface area contributed by atoms with E-state index in [0.29, 0.717) is 0 Å². The van der Waals surface area contributed by atoms with Gasteiger partial charge >= 0.3 is 0 Å². The highest BCUT2D eigenvalue weighted by Gasteiger charge is 2.18. The minimum Gasteiger partial charge on any atom is -0.390 e. The minimum absolute atomic E-state index is 0.120. The number of hydrogen-bond acceptors (Lipinski definition) is 2. The van der Waals surface area contributed by atoms with E-state index < -0.39 is 6.10 Å². The highest BCUT2D eigenvalue weighted by atomic mass is 16.5. The molecule has 0 aromatic heterocycles. The quantitative estimate of drug-likeness (QED) is 0.798. The second kappa shape index (κ2) is 5.13. The summed E-state index contributed by atoms with van der Waals surface area (Å²) < 4.78 is 5.65. The van der Waals surface area contributed by atoms with Crippen LogP contribution in [0.15, 0.2) is 30.3 Å². The first kappa shape index (κ1) is 11.2. The Morgan fingerprint density at radius 1 is 1.07 bits per heavy atom. The molecule has 1 aromatic rings. The molecule has 0 saturated heterocycles. The smallest absolute Gasteiger partial charge is 0.108 e. The molecule has 1 aromatic carbocycles. The van der Waals surface area contributed by atoms with Gasteiger partial charge in [-0.05, 0) is 26.3 Å². The second-order valence-corrected chi connectivity index (χ2v) is 3.76. The molecule has 14 heavy (non-hydrogen) atoms. The van der Waals surface area contributed by atoms with Crippen LogP contribution < -0.4 is 0 Å². The lowest BCUT2D eigenvalue weighted by atomic mass is 10.1. The predicted molar refractivity (Wildman–Crippen MR) is 57.1 cm³/mol. The molecule has 78 valence electrons. The average Bonchev–Trinajstić information content (AvgIpc) is 2.15. The molecule has 0 spiro atoms. The summed E-state index contributed by atoms with van der Waals surface area (Å²) in [7, 11) is 0. The summed E-state index contributed by atoms with van der Waals surface area (Å²) in [6.45, 7) is 5.69. The number of ether oxygens (including phenoxy) is 1. The summed E-state index contributed by atoms with van der Waals surface area (Å²) in [4.78, 5) is 0. The largest absolute Gasteiger partial charge is 0.390 e. The van der Waals surface area contributed by atoms with Crippen LogP contribution in [-0.2, 0) is 4.74 Å². The number of aliphatic hydroxyl groups is 1. The zero-order valence-electron chi connectivity index (χ0n) is 8.97. The van der Waals surface area contributed by atoms with Gasteiger partial charge in [-0.2, -0.15) is 0 Å². The van der Waals surface area contributed by atoms with Gasteiger partial charge in [0.05, 0.1) is 12.2 Å². The van der Waals surface area contributed by atoms with Crippen LogP contribution in [0.25, 0.3) is 0 Å². The van der Waals surface area contributed by atoms with Gasteiger partial charge in [0.15, 0.2) is 0 Å². The molecule has 2 nitrogen and oxygen atoms in total. The molecule has 2 unspecified atom stereocenters. The van der Waals surface area contributed by atoms with Gasteiger partial charge < -0.3 is 9.84 Å². The SMILES string of the molecule is CC(C)OC(c1ccccc1)C(C)O. The average molecular weight is 194 g/mol. The van der Waals surface area contributed by atoms with Crippen molar-refractivity contribution < 1.29 is 9.84 Å². The summed E-state index contributed by atoms with van der Waals surface area (Å²) in [6.07, 6.45) is -0.592. The molecule has 1 rings (SSSR count). The van der Waals surface area contributed by atoms with E-state index in [1.54, 1.807) is 6.92 Å². The topological polar surface area (TPSA) is 29.5 Å². The Kier molecular flexibility index (Phi) is 4.11. The van der Waals surface area contributed by atoms with Crippen LogP contribution in [0.3, 0.4) is 0 Å². The van der Waals surface area contributed by atoms with Crippen molar-refractivity contribution in [1.82, 2.24) is 0 Å². The fraction of sp³-hybridized carbons (Fsp3) is 0.500. The molecule has 2 heteroatoms. The molecule has 1 N–H and O–H groups in total. The second-order valence-electron chi connectivity index (χ2n) is 3.76. The van der Waals surface area contributed by atoms with Crippen LogP contribution in [0.4, 0.5) is 0 Å². The predicted octanol–water partition coefficient (Wildman–Crippen LogP) is 2.53. The zero-order chi connectivity index (χ0) is 10.6. The Bertz CT molecular complexity index is 254. The van der Waals surface area contributed by atoms with E-state index in [4.69, 9.17) is 4.74 Å². The van der Waals surface area contributed by atoms with Gasteiger partial charge in [0.1, 0.15) is 6.10 Å². The van der Waals surface area contributed by atoms with E-state index in [-0.39, 0.29) is 12.2 Å². The molecule has 0 aliphatic heterocycles. The molecule has 0 aliphatic rings. The van der Waals surface area contributed by atoms with Crippen molar-refractivity contribution in [3.63, 3.8) is 0 Å². The number of benzene rings is 1. The fourth-order valence-electron chi connectivity index (χ4n) is 1.41. The van der Waals surface area contributed by atoms with E-state index in [1.165, 1.54) is 0 Å². The number of hydrogen-bond donors (Lipinski definition) is 1. The number of aliphatic hydroxyl groups excluding tert-OH is 1. The van der Waals surface area contributed by atoms with Crippen LogP contribution in [-0.4, -0.2) is 17.3 Å². The van der Waals surface area contributed by atoms with Crippen LogP contribution >= 0.6 is 0 Å². The molecule has 2 atom stereocenters. The molecule has 0 bridgehead atoms. The molecule has 0 amide bonds. The summed E-state index contributed by atoms with van der Waals surface area (Å²) >= 11 is 0. The van der Waals surface area contributed by atoms with Gasteiger partial charge in [-0.15, -0.1) is 0 Å². The van der Waals surface area contributed by atoms with E-state index in [1.807, 2.05) is 44.2 Å². The molecule has 0 fully saturated rings. The van der Waals surface area contributed by atoms with Gasteiger partial charge in [-0.3, -0.25) is 0 Å². The normalized spacial score (nSPS) is 15.5. The maximum atomic E-state index is 9.59. The summed E-state index contributed by atoms with van der Waals surface area (Å²) in [5.41, 5.74) is 1.02. The first-order valence-corrected chi connectivity index (χ1v) is 4.99. The Hall–Kier alpha value is -0.860. The molecule has 0 aliphatic carbocycles. The van der Waals surface area contributed by atoms with E-state index in [0.717, 1.165) is 5.56 Å². The third-order valence-corrected chi connectivity index (χ3v) is 1.99. The van der Waals surface area contributed by atoms with Crippen LogP contribution in [0.1, 0.15) is 32.4 Å². The standard InChI is InChI=1S/C12H18O2/c1-9(2)14-12(10(3)13)11-7-5-4-6-8-11/h4-10,12-13H,1-3H3. The fourth-order valence-corrected chi connectivity index (χ4v) is 1.41. The van der Waals surface area contributed by atoms with Gasteiger partial charge in [0.25, 0.3) is 0 Å². The van der Waals surface area contributed by atoms with Gasteiger partial charge in [-0.1, -0.05) is 30.3 Å². The van der Waals surface area contributed by atoms with Crippen molar-refractivity contribution in [2.24, 2.45) is 0 Å². The molecular weight excluding hydrogens is 176 g/mol. The molecule has 0 radical (unpaired) electrons. The highest BCUT2D eigenvalue weighted by Crippen LogP contribution is 2.22. The highest BCUT2D eigenvalue weighted by molar-refractivity contribution is 5.18. The monoisotopic (exact) mass is 194 g/mol. The Labute approximate surface area is 85.5 Å². The van der Waals surface area contributed by atoms with E-state index in [2.05, 4.69) is 0 Å². The lowest BCUT2D eigenvalue weighted by Gasteiger charge is -2.23. The van der Waals surface area contributed by atoms with Gasteiger partial charge in [0.2, 0.25) is 0 Å². The first-order chi connectivity index (χ1) is 6.61. The molecule has 0 saturated carbocycles. The Balaban J connectivity index is 2.78. The van der Waals surface area contributed by atoms with E-state index in [9.17, 15) is 5.11 Å². The van der Waals surface area contributed by atoms with Crippen LogP contribution in [0.2, 0.25) is 0 Å². The summed E-state index contributed by atoms with van der Waals surface area (Å²) in [5, 5.41) is 9.59. The van der Waals surface area contributed by atoms with Crippen molar-refractivity contribution in [1.29, 1.82) is 0 Å². The lowest BCUT2D eigenvalue weighted by molar-refractivity contribution is -0.0604. The number of rotatable bonds is 4. The lowest BCUT2D eigenvalue weighted by Crippen LogP contribution is -2.21. The summed E-state index contributed by atoms with van der Waals surface area (Å²) in [5.74, 6) is 0. The maximum absolute atomic E-state index is 9.59. The Morgan fingerprint density at radius 2 is 1.64 bits per heavy atom. The first-order valence-electron chi connectivity index (χ1n) is 4.99. The van der Waals surface area contributed by atoms with Crippen molar-refractivity contribution in [2.45, 2.75) is 39.1 Å². The summed E-state index contributed by atoms with van der Waals surface area (Å²) in [6, 6.07) is 9.81. The van der Waals surface area contributed by atoms with E-state index >= 15 is 0 Å². The van der Waals surface area contributed by atoms with Crippen molar-refractivity contribution in [2.75, 3.05) is 0 Å². The zero-order valence-corrected chi connectivity index (χ0v) is 8.97. The Morgan fingerprint density at radius 3 is 2.07 bits per heavy atom. The minimum atomic E-state index is -0.486. The van der Waals surface area contributed by atoms with Crippen LogP contribution in [0, 0.1) is 0 Å². The third kappa shape index (κ3) is 3.13. The molecular formula is C12H18O2. The maximum Gasteiger partial charge on any atom is 0.108 e. The van der Waals surface area contributed by atoms with Crippen LogP contribution in [0.5, 0.6) is 0 Å². The third-order valence-electron chi connectivity index (χ3n) is 1.99. The van der Waals surface area contributed by atoms with Crippen molar-refractivity contribution >= 4 is 0 Å². The van der Waals surface area contributed by atoms with Gasteiger partial charge in [0, 0.05) is 0 Å². The van der Waals surface area contributed by atoms with Crippen molar-refractivity contribution in [3.05, 3.63) is 35.9 Å². The van der Waals surface area contributed by atoms with Gasteiger partial charge in [-0.25, -0.2) is 0 Å².